The molecule has 0 aliphatic carbocycles. The number of rotatable bonds is 5. The molecular formula is C17H17ClO2. The molecule has 104 valence electrons. The molecule has 2 aromatic rings. The van der Waals surface area contributed by atoms with Crippen LogP contribution >= 0.6 is 11.6 Å². The van der Waals surface area contributed by atoms with Gasteiger partial charge in [-0.15, -0.1) is 0 Å². The number of carbonyl (C=O) groups excluding carboxylic acids is 1. The summed E-state index contributed by atoms with van der Waals surface area (Å²) in [6, 6.07) is 14.6. The SMILES string of the molecule is CC(C)c1ccc(OCC(=O)c2ccc(Cl)cc2)cc1. The maximum atomic E-state index is 11.9. The van der Waals surface area contributed by atoms with Gasteiger partial charge in [-0.2, -0.15) is 0 Å². The smallest absolute Gasteiger partial charge is 0.200 e. The fourth-order valence-corrected chi connectivity index (χ4v) is 1.94. The van der Waals surface area contributed by atoms with Crippen molar-refractivity contribution < 1.29 is 9.53 Å². The van der Waals surface area contributed by atoms with Crippen LogP contribution in [0.1, 0.15) is 35.7 Å². The Morgan fingerprint density at radius 1 is 1.05 bits per heavy atom. The highest BCUT2D eigenvalue weighted by Gasteiger charge is 2.07. The number of halogens is 1. The lowest BCUT2D eigenvalue weighted by molar-refractivity contribution is 0.0921. The van der Waals surface area contributed by atoms with E-state index in [4.69, 9.17) is 16.3 Å². The second kappa shape index (κ2) is 6.58. The van der Waals surface area contributed by atoms with Crippen LogP contribution < -0.4 is 4.74 Å². The minimum Gasteiger partial charge on any atom is -0.485 e. The largest absolute Gasteiger partial charge is 0.485 e. The van der Waals surface area contributed by atoms with Gasteiger partial charge in [0.15, 0.2) is 12.4 Å². The molecule has 0 amide bonds. The van der Waals surface area contributed by atoms with E-state index in [1.165, 1.54) is 5.56 Å². The first kappa shape index (κ1) is 14.6. The number of Topliss-reactive ketones (excluding diaryl/α,β-unsaturated/α-hetero) is 1. The van der Waals surface area contributed by atoms with Crippen molar-refractivity contribution in [1.29, 1.82) is 0 Å². The van der Waals surface area contributed by atoms with Crippen molar-refractivity contribution in [3.8, 4) is 5.75 Å². The summed E-state index contributed by atoms with van der Waals surface area (Å²) in [6.45, 7) is 4.31. The summed E-state index contributed by atoms with van der Waals surface area (Å²) in [5.74, 6) is 1.13. The summed E-state index contributed by atoms with van der Waals surface area (Å²) in [7, 11) is 0. The van der Waals surface area contributed by atoms with E-state index in [9.17, 15) is 4.79 Å². The fraction of sp³-hybridized carbons (Fsp3) is 0.235. The number of ketones is 1. The van der Waals surface area contributed by atoms with Gasteiger partial charge in [0.2, 0.25) is 0 Å². The Labute approximate surface area is 124 Å². The van der Waals surface area contributed by atoms with Gasteiger partial charge in [-0.25, -0.2) is 0 Å². The zero-order valence-electron chi connectivity index (χ0n) is 11.6. The third-order valence-corrected chi connectivity index (χ3v) is 3.33. The third kappa shape index (κ3) is 3.84. The molecule has 2 aromatic carbocycles. The first-order chi connectivity index (χ1) is 9.56. The zero-order valence-corrected chi connectivity index (χ0v) is 12.4. The van der Waals surface area contributed by atoms with E-state index in [-0.39, 0.29) is 12.4 Å². The number of ether oxygens (including phenoxy) is 1. The van der Waals surface area contributed by atoms with Crippen molar-refractivity contribution in [3.05, 3.63) is 64.7 Å². The molecule has 0 aromatic heterocycles. The van der Waals surface area contributed by atoms with Crippen LogP contribution in [0.2, 0.25) is 5.02 Å². The van der Waals surface area contributed by atoms with E-state index in [0.29, 0.717) is 22.3 Å². The van der Waals surface area contributed by atoms with Gasteiger partial charge in [-0.05, 0) is 47.9 Å². The summed E-state index contributed by atoms with van der Waals surface area (Å²) < 4.78 is 5.50. The Balaban J connectivity index is 1.94. The minimum absolute atomic E-state index is 0.0304. The Kier molecular flexibility index (Phi) is 4.80. The van der Waals surface area contributed by atoms with Crippen molar-refractivity contribution in [1.82, 2.24) is 0 Å². The molecule has 20 heavy (non-hydrogen) atoms. The van der Waals surface area contributed by atoms with Crippen molar-refractivity contribution in [3.63, 3.8) is 0 Å². The van der Waals surface area contributed by atoms with E-state index in [0.717, 1.165) is 0 Å². The first-order valence-electron chi connectivity index (χ1n) is 6.58. The average Bonchev–Trinajstić information content (AvgIpc) is 2.46. The van der Waals surface area contributed by atoms with Crippen LogP contribution in [0.3, 0.4) is 0 Å². The molecule has 0 heterocycles. The average molecular weight is 289 g/mol. The Morgan fingerprint density at radius 3 is 2.20 bits per heavy atom. The maximum Gasteiger partial charge on any atom is 0.200 e. The van der Waals surface area contributed by atoms with Gasteiger partial charge in [0.25, 0.3) is 0 Å². The van der Waals surface area contributed by atoms with Gasteiger partial charge >= 0.3 is 0 Å². The summed E-state index contributed by atoms with van der Waals surface area (Å²) in [4.78, 5) is 11.9. The van der Waals surface area contributed by atoms with Crippen LogP contribution in [0.15, 0.2) is 48.5 Å². The van der Waals surface area contributed by atoms with Crippen LogP contribution in [0.5, 0.6) is 5.75 Å². The highest BCUT2D eigenvalue weighted by Crippen LogP contribution is 2.19. The lowest BCUT2D eigenvalue weighted by atomic mass is 10.0. The van der Waals surface area contributed by atoms with E-state index in [2.05, 4.69) is 13.8 Å². The Hall–Kier alpha value is -1.80. The summed E-state index contributed by atoms with van der Waals surface area (Å²) in [5, 5.41) is 0.617. The Morgan fingerprint density at radius 2 is 1.65 bits per heavy atom. The van der Waals surface area contributed by atoms with Crippen molar-refractivity contribution in [2.75, 3.05) is 6.61 Å². The molecule has 0 fully saturated rings. The van der Waals surface area contributed by atoms with Crippen LogP contribution in [0, 0.1) is 0 Å². The van der Waals surface area contributed by atoms with E-state index in [1.54, 1.807) is 24.3 Å². The number of hydrogen-bond donors (Lipinski definition) is 0. The molecule has 0 bridgehead atoms. The van der Waals surface area contributed by atoms with Gasteiger partial charge in [0.1, 0.15) is 5.75 Å². The van der Waals surface area contributed by atoms with Crippen LogP contribution in [0.25, 0.3) is 0 Å². The fourth-order valence-electron chi connectivity index (χ4n) is 1.82. The van der Waals surface area contributed by atoms with E-state index >= 15 is 0 Å². The predicted molar refractivity (Wildman–Crippen MR) is 81.8 cm³/mol. The van der Waals surface area contributed by atoms with Crippen LogP contribution in [0.4, 0.5) is 0 Å². The van der Waals surface area contributed by atoms with Gasteiger partial charge < -0.3 is 4.74 Å². The second-order valence-corrected chi connectivity index (χ2v) is 5.38. The van der Waals surface area contributed by atoms with Crippen LogP contribution in [-0.4, -0.2) is 12.4 Å². The molecule has 3 heteroatoms. The van der Waals surface area contributed by atoms with Crippen molar-refractivity contribution >= 4 is 17.4 Å². The monoisotopic (exact) mass is 288 g/mol. The molecule has 0 spiro atoms. The molecule has 0 saturated carbocycles. The summed E-state index contributed by atoms with van der Waals surface area (Å²) >= 11 is 5.79. The van der Waals surface area contributed by atoms with Crippen LogP contribution in [-0.2, 0) is 0 Å². The van der Waals surface area contributed by atoms with E-state index < -0.39 is 0 Å². The standard InChI is InChI=1S/C17H17ClO2/c1-12(2)13-5-9-16(10-6-13)20-11-17(19)14-3-7-15(18)8-4-14/h3-10,12H,11H2,1-2H3. The molecule has 2 rings (SSSR count). The van der Waals surface area contributed by atoms with Gasteiger partial charge in [-0.3, -0.25) is 4.79 Å². The summed E-state index contributed by atoms with van der Waals surface area (Å²) in [5.41, 5.74) is 1.86. The minimum atomic E-state index is -0.0606. The molecule has 0 aliphatic heterocycles. The first-order valence-corrected chi connectivity index (χ1v) is 6.95. The molecule has 0 N–H and O–H groups in total. The summed E-state index contributed by atoms with van der Waals surface area (Å²) in [6.07, 6.45) is 0. The van der Waals surface area contributed by atoms with Gasteiger partial charge in [-0.1, -0.05) is 37.6 Å². The maximum absolute atomic E-state index is 11.9. The van der Waals surface area contributed by atoms with Crippen molar-refractivity contribution in [2.24, 2.45) is 0 Å². The highest BCUT2D eigenvalue weighted by molar-refractivity contribution is 6.30. The zero-order chi connectivity index (χ0) is 14.5. The van der Waals surface area contributed by atoms with Crippen molar-refractivity contribution in [2.45, 2.75) is 19.8 Å². The highest BCUT2D eigenvalue weighted by atomic mass is 35.5. The quantitative estimate of drug-likeness (QED) is 0.744. The normalized spacial score (nSPS) is 10.6. The second-order valence-electron chi connectivity index (χ2n) is 4.94. The number of carbonyl (C=O) groups is 1. The topological polar surface area (TPSA) is 26.3 Å². The molecule has 0 saturated heterocycles. The lowest BCUT2D eigenvalue weighted by Gasteiger charge is -2.08. The number of benzene rings is 2. The van der Waals surface area contributed by atoms with Gasteiger partial charge in [0.05, 0.1) is 0 Å². The molecule has 0 unspecified atom stereocenters. The molecule has 0 aliphatic rings. The number of hydrogen-bond acceptors (Lipinski definition) is 2. The molecular weight excluding hydrogens is 272 g/mol. The molecule has 0 atom stereocenters. The van der Waals surface area contributed by atoms with Gasteiger partial charge in [0, 0.05) is 10.6 Å². The lowest BCUT2D eigenvalue weighted by Crippen LogP contribution is -2.11. The molecule has 0 radical (unpaired) electrons. The molecule has 2 nitrogen and oxygen atoms in total. The Bertz CT molecular complexity index is 571. The van der Waals surface area contributed by atoms with E-state index in [1.807, 2.05) is 24.3 Å². The predicted octanol–water partition coefficient (Wildman–Crippen LogP) is 4.73. The third-order valence-electron chi connectivity index (χ3n) is 3.08.